The zero-order valence-corrected chi connectivity index (χ0v) is 13.4. The lowest BCUT2D eigenvalue weighted by Gasteiger charge is -2.15. The Kier molecular flexibility index (Phi) is 5.79. The second-order valence-corrected chi connectivity index (χ2v) is 6.60. The lowest BCUT2D eigenvalue weighted by Crippen LogP contribution is -2.19. The molecule has 0 saturated heterocycles. The molecule has 2 aromatic rings. The van der Waals surface area contributed by atoms with E-state index in [1.807, 2.05) is 42.5 Å². The van der Waals surface area contributed by atoms with Gasteiger partial charge in [-0.1, -0.05) is 48.0 Å². The van der Waals surface area contributed by atoms with Gasteiger partial charge in [-0.15, -0.1) is 0 Å². The van der Waals surface area contributed by atoms with E-state index < -0.39 is 10.8 Å². The molecule has 2 rings (SSSR count). The van der Waals surface area contributed by atoms with E-state index in [-0.39, 0.29) is 6.04 Å². The standard InChI is InChI=1S/C16H18ClNO2S/c1-20-16-9-5-3-7-13(16)15(18)11-21(19)10-12-6-2-4-8-14(12)17/h2-9,15H,10-11,18H2,1H3. The number of hydrogen-bond donors (Lipinski definition) is 1. The van der Waals surface area contributed by atoms with Crippen molar-refractivity contribution in [1.29, 1.82) is 0 Å². The monoisotopic (exact) mass is 323 g/mol. The molecule has 2 atom stereocenters. The number of ether oxygens (including phenoxy) is 1. The molecule has 3 nitrogen and oxygen atoms in total. The first-order valence-electron chi connectivity index (χ1n) is 6.58. The van der Waals surface area contributed by atoms with Crippen LogP contribution >= 0.6 is 11.6 Å². The van der Waals surface area contributed by atoms with Gasteiger partial charge in [-0.05, 0) is 17.7 Å². The molecule has 112 valence electrons. The van der Waals surface area contributed by atoms with Crippen LogP contribution in [0.5, 0.6) is 5.75 Å². The smallest absolute Gasteiger partial charge is 0.123 e. The third kappa shape index (κ3) is 4.30. The van der Waals surface area contributed by atoms with Gasteiger partial charge >= 0.3 is 0 Å². The first kappa shape index (κ1) is 16.0. The van der Waals surface area contributed by atoms with Crippen LogP contribution in [0, 0.1) is 0 Å². The zero-order chi connectivity index (χ0) is 15.2. The van der Waals surface area contributed by atoms with E-state index in [0.29, 0.717) is 16.5 Å². The van der Waals surface area contributed by atoms with Crippen LogP contribution in [0.25, 0.3) is 0 Å². The first-order chi connectivity index (χ1) is 10.1. The highest BCUT2D eigenvalue weighted by atomic mass is 35.5. The van der Waals surface area contributed by atoms with Gasteiger partial charge in [0.25, 0.3) is 0 Å². The van der Waals surface area contributed by atoms with Crippen molar-refractivity contribution < 1.29 is 8.95 Å². The summed E-state index contributed by atoms with van der Waals surface area (Å²) in [6.07, 6.45) is 0. The Hall–Kier alpha value is -1.36. The maximum Gasteiger partial charge on any atom is 0.123 e. The van der Waals surface area contributed by atoms with E-state index in [9.17, 15) is 4.21 Å². The van der Waals surface area contributed by atoms with Crippen molar-refractivity contribution in [2.45, 2.75) is 11.8 Å². The first-order valence-corrected chi connectivity index (χ1v) is 8.45. The number of nitrogens with two attached hydrogens (primary N) is 1. The third-order valence-electron chi connectivity index (χ3n) is 3.18. The van der Waals surface area contributed by atoms with E-state index in [1.54, 1.807) is 13.2 Å². The zero-order valence-electron chi connectivity index (χ0n) is 11.8. The molecule has 2 aromatic carbocycles. The minimum atomic E-state index is -1.09. The second kappa shape index (κ2) is 7.59. The van der Waals surface area contributed by atoms with E-state index >= 15 is 0 Å². The molecule has 0 aliphatic heterocycles. The molecule has 21 heavy (non-hydrogen) atoms. The molecule has 0 aliphatic rings. The van der Waals surface area contributed by atoms with Crippen molar-refractivity contribution in [2.75, 3.05) is 12.9 Å². The van der Waals surface area contributed by atoms with Gasteiger partial charge < -0.3 is 10.5 Å². The largest absolute Gasteiger partial charge is 0.496 e. The van der Waals surface area contributed by atoms with Gasteiger partial charge in [-0.3, -0.25) is 4.21 Å². The van der Waals surface area contributed by atoms with Gasteiger partial charge in [0, 0.05) is 33.2 Å². The number of halogens is 1. The van der Waals surface area contributed by atoms with Crippen molar-refractivity contribution in [3.8, 4) is 5.75 Å². The van der Waals surface area contributed by atoms with Crippen LogP contribution in [-0.4, -0.2) is 17.1 Å². The molecular formula is C16H18ClNO2S. The molecule has 0 radical (unpaired) electrons. The molecule has 0 aliphatic carbocycles. The Balaban J connectivity index is 2.04. The quantitative estimate of drug-likeness (QED) is 0.887. The average Bonchev–Trinajstić information content (AvgIpc) is 2.49. The fourth-order valence-electron chi connectivity index (χ4n) is 2.11. The second-order valence-electron chi connectivity index (χ2n) is 4.69. The lowest BCUT2D eigenvalue weighted by atomic mass is 10.1. The Morgan fingerprint density at radius 1 is 1.19 bits per heavy atom. The van der Waals surface area contributed by atoms with Crippen LogP contribution in [0.3, 0.4) is 0 Å². The highest BCUT2D eigenvalue weighted by Crippen LogP contribution is 2.24. The molecular weight excluding hydrogens is 306 g/mol. The average molecular weight is 324 g/mol. The third-order valence-corrected chi connectivity index (χ3v) is 4.91. The summed E-state index contributed by atoms with van der Waals surface area (Å²) in [5.41, 5.74) is 7.91. The van der Waals surface area contributed by atoms with E-state index in [0.717, 1.165) is 16.9 Å². The normalized spacial score (nSPS) is 13.7. The molecule has 0 aromatic heterocycles. The fraction of sp³-hybridized carbons (Fsp3) is 0.250. The molecule has 0 fully saturated rings. The summed E-state index contributed by atoms with van der Waals surface area (Å²) in [6, 6.07) is 14.6. The van der Waals surface area contributed by atoms with Crippen molar-refractivity contribution in [2.24, 2.45) is 5.73 Å². The summed E-state index contributed by atoms with van der Waals surface area (Å²) in [5, 5.41) is 0.636. The van der Waals surface area contributed by atoms with Gasteiger partial charge in [0.1, 0.15) is 5.75 Å². The number of rotatable bonds is 6. The Morgan fingerprint density at radius 3 is 2.57 bits per heavy atom. The van der Waals surface area contributed by atoms with Crippen molar-refractivity contribution in [1.82, 2.24) is 0 Å². The van der Waals surface area contributed by atoms with Crippen LogP contribution in [-0.2, 0) is 16.6 Å². The minimum Gasteiger partial charge on any atom is -0.496 e. The Morgan fingerprint density at radius 2 is 1.86 bits per heavy atom. The summed E-state index contributed by atoms with van der Waals surface area (Å²) in [6.45, 7) is 0. The molecule has 0 spiro atoms. The molecule has 0 saturated carbocycles. The van der Waals surface area contributed by atoms with Crippen LogP contribution in [0.15, 0.2) is 48.5 Å². The molecule has 0 bridgehead atoms. The van der Waals surface area contributed by atoms with Crippen molar-refractivity contribution in [3.05, 3.63) is 64.7 Å². The van der Waals surface area contributed by atoms with Crippen molar-refractivity contribution in [3.63, 3.8) is 0 Å². The number of hydrogen-bond acceptors (Lipinski definition) is 3. The SMILES string of the molecule is COc1ccccc1C(N)CS(=O)Cc1ccccc1Cl. The van der Waals surface area contributed by atoms with Crippen molar-refractivity contribution >= 4 is 22.4 Å². The maximum absolute atomic E-state index is 12.3. The van der Waals surface area contributed by atoms with Gasteiger partial charge in [0.05, 0.1) is 12.9 Å². The van der Waals surface area contributed by atoms with Gasteiger partial charge in [-0.25, -0.2) is 0 Å². The molecule has 5 heteroatoms. The van der Waals surface area contributed by atoms with E-state index in [1.165, 1.54) is 0 Å². The minimum absolute atomic E-state index is 0.329. The molecule has 2 N–H and O–H groups in total. The number of methoxy groups -OCH3 is 1. The Bertz CT molecular complexity index is 633. The summed E-state index contributed by atoms with van der Waals surface area (Å²) >= 11 is 6.08. The topological polar surface area (TPSA) is 52.3 Å². The lowest BCUT2D eigenvalue weighted by molar-refractivity contribution is 0.407. The molecule has 2 unspecified atom stereocenters. The highest BCUT2D eigenvalue weighted by Gasteiger charge is 2.15. The van der Waals surface area contributed by atoms with Crippen LogP contribution < -0.4 is 10.5 Å². The summed E-state index contributed by atoms with van der Waals surface area (Å²) in [4.78, 5) is 0. The number of benzene rings is 2. The van der Waals surface area contributed by atoms with Crippen LogP contribution in [0.2, 0.25) is 5.02 Å². The fourth-order valence-corrected chi connectivity index (χ4v) is 3.69. The van der Waals surface area contributed by atoms with Crippen LogP contribution in [0.1, 0.15) is 17.2 Å². The predicted octanol–water partition coefficient (Wildman–Crippen LogP) is 3.30. The highest BCUT2D eigenvalue weighted by molar-refractivity contribution is 7.84. The maximum atomic E-state index is 12.3. The summed E-state index contributed by atoms with van der Waals surface area (Å²) < 4.78 is 17.6. The summed E-state index contributed by atoms with van der Waals surface area (Å²) in [7, 11) is 0.516. The van der Waals surface area contributed by atoms with Crippen LogP contribution in [0.4, 0.5) is 0 Å². The van der Waals surface area contributed by atoms with Gasteiger partial charge in [0.2, 0.25) is 0 Å². The molecule has 0 heterocycles. The van der Waals surface area contributed by atoms with Gasteiger partial charge in [-0.2, -0.15) is 0 Å². The van der Waals surface area contributed by atoms with E-state index in [2.05, 4.69) is 0 Å². The summed E-state index contributed by atoms with van der Waals surface area (Å²) in [5.74, 6) is 1.49. The van der Waals surface area contributed by atoms with Gasteiger partial charge in [0.15, 0.2) is 0 Å². The number of para-hydroxylation sites is 1. The predicted molar refractivity (Wildman–Crippen MR) is 88.1 cm³/mol. The Labute approximate surface area is 132 Å². The molecule has 0 amide bonds. The van der Waals surface area contributed by atoms with E-state index in [4.69, 9.17) is 22.1 Å².